The zero-order valence-corrected chi connectivity index (χ0v) is 11.0. The van der Waals surface area contributed by atoms with E-state index in [4.69, 9.17) is 13.8 Å². The third-order valence-electron chi connectivity index (χ3n) is 1.84. The molecule has 0 aromatic heterocycles. The van der Waals surface area contributed by atoms with Gasteiger partial charge in [0.25, 0.3) is 0 Å². The number of hydrogen-bond acceptors (Lipinski definition) is 5. The predicted octanol–water partition coefficient (Wildman–Crippen LogP) is 3.59. The molecule has 0 spiro atoms. The van der Waals surface area contributed by atoms with Crippen molar-refractivity contribution in [1.29, 1.82) is 0 Å². The summed E-state index contributed by atoms with van der Waals surface area (Å²) in [6.07, 6.45) is 0. The van der Waals surface area contributed by atoms with E-state index in [1.807, 2.05) is 0 Å². The fraction of sp³-hybridized carbons (Fsp3) is 0.364. The van der Waals surface area contributed by atoms with E-state index in [1.54, 1.807) is 13.8 Å². The summed E-state index contributed by atoms with van der Waals surface area (Å²) in [6.45, 7) is 3.26. The van der Waals surface area contributed by atoms with Crippen LogP contribution in [0.15, 0.2) is 24.3 Å². The van der Waals surface area contributed by atoms with E-state index in [0.717, 1.165) is 12.1 Å². The lowest BCUT2D eigenvalue weighted by atomic mass is 10.3. The molecule has 0 amide bonds. The first-order valence-corrected chi connectivity index (χ1v) is 6.93. The van der Waals surface area contributed by atoms with Crippen molar-refractivity contribution in [2.75, 3.05) is 13.2 Å². The molecule has 0 N–H and O–H groups in total. The minimum Gasteiger partial charge on any atom is -0.417 e. The van der Waals surface area contributed by atoms with E-state index in [-0.39, 0.29) is 19.0 Å². The van der Waals surface area contributed by atoms with Crippen LogP contribution in [0.4, 0.5) is 9.18 Å². The number of benzene rings is 1. The van der Waals surface area contributed by atoms with Gasteiger partial charge >= 0.3 is 13.3 Å². The van der Waals surface area contributed by atoms with Gasteiger partial charge < -0.3 is 13.8 Å². The topological polar surface area (TPSA) is 61.8 Å². The van der Waals surface area contributed by atoms with Crippen LogP contribution in [0.3, 0.4) is 0 Å². The van der Waals surface area contributed by atoms with Crippen LogP contribution in [-0.2, 0) is 13.6 Å². The number of halogens is 1. The Labute approximate surface area is 104 Å². The van der Waals surface area contributed by atoms with Crippen molar-refractivity contribution in [3.63, 3.8) is 0 Å². The van der Waals surface area contributed by atoms with Gasteiger partial charge in [0.05, 0.1) is 13.2 Å². The van der Waals surface area contributed by atoms with Crippen LogP contribution in [0.5, 0.6) is 5.75 Å². The van der Waals surface area contributed by atoms with E-state index < -0.39 is 19.1 Å². The summed E-state index contributed by atoms with van der Waals surface area (Å²) < 4.78 is 39.1. The smallest absolute Gasteiger partial charge is 0.417 e. The van der Waals surface area contributed by atoms with Crippen LogP contribution in [-0.4, -0.2) is 18.9 Å². The van der Waals surface area contributed by atoms with Crippen molar-refractivity contribution in [1.82, 2.24) is 0 Å². The Morgan fingerprint density at radius 2 is 1.67 bits per heavy atom. The molecule has 0 fully saturated rings. The van der Waals surface area contributed by atoms with Gasteiger partial charge in [-0.3, -0.25) is 0 Å². The van der Waals surface area contributed by atoms with Crippen molar-refractivity contribution >= 4 is 13.3 Å². The van der Waals surface area contributed by atoms with Gasteiger partial charge in [0.15, 0.2) is 0 Å². The SMILES string of the molecule is CCOP(=O)(OCC)C(=O)Oc1ccc(F)cc1. The molecule has 0 atom stereocenters. The fourth-order valence-electron chi connectivity index (χ4n) is 1.14. The van der Waals surface area contributed by atoms with Crippen LogP contribution in [0.1, 0.15) is 13.8 Å². The molecule has 0 radical (unpaired) electrons. The van der Waals surface area contributed by atoms with Gasteiger partial charge in [0.2, 0.25) is 0 Å². The van der Waals surface area contributed by atoms with Crippen molar-refractivity contribution in [3.05, 3.63) is 30.1 Å². The van der Waals surface area contributed by atoms with Gasteiger partial charge in [0, 0.05) is 0 Å². The lowest BCUT2D eigenvalue weighted by molar-refractivity contribution is 0.185. The lowest BCUT2D eigenvalue weighted by Gasteiger charge is -2.14. The molecule has 0 aliphatic rings. The van der Waals surface area contributed by atoms with Crippen LogP contribution in [0.2, 0.25) is 0 Å². The van der Waals surface area contributed by atoms with E-state index in [2.05, 4.69) is 0 Å². The summed E-state index contributed by atoms with van der Waals surface area (Å²) in [7, 11) is -3.94. The molecule has 1 aromatic rings. The molecule has 0 saturated heterocycles. The molecule has 1 rings (SSSR count). The van der Waals surface area contributed by atoms with Gasteiger partial charge in [-0.1, -0.05) is 0 Å². The fourth-order valence-corrected chi connectivity index (χ4v) is 2.32. The van der Waals surface area contributed by atoms with E-state index in [9.17, 15) is 13.8 Å². The van der Waals surface area contributed by atoms with Gasteiger partial charge in [-0.15, -0.1) is 0 Å². The molecule has 0 bridgehead atoms. The molecule has 0 saturated carbocycles. The molecule has 100 valence electrons. The summed E-state index contributed by atoms with van der Waals surface area (Å²) in [5.41, 5.74) is -1.11. The third-order valence-corrected chi connectivity index (χ3v) is 3.58. The summed E-state index contributed by atoms with van der Waals surface area (Å²) >= 11 is 0. The van der Waals surface area contributed by atoms with Crippen molar-refractivity contribution < 1.29 is 27.5 Å². The second-order valence-corrected chi connectivity index (χ2v) is 5.03. The lowest BCUT2D eigenvalue weighted by Crippen LogP contribution is -2.11. The van der Waals surface area contributed by atoms with Crippen molar-refractivity contribution in [3.8, 4) is 5.75 Å². The van der Waals surface area contributed by atoms with E-state index in [1.165, 1.54) is 12.1 Å². The van der Waals surface area contributed by atoms with Gasteiger partial charge in [-0.25, -0.2) is 13.8 Å². The Balaban J connectivity index is 2.78. The summed E-state index contributed by atoms with van der Waals surface area (Å²) in [5.74, 6) is -0.395. The quantitative estimate of drug-likeness (QED) is 0.743. The first-order valence-electron chi connectivity index (χ1n) is 5.39. The van der Waals surface area contributed by atoms with Crippen LogP contribution >= 0.6 is 7.60 Å². The van der Waals surface area contributed by atoms with Gasteiger partial charge in [-0.05, 0) is 38.1 Å². The molecule has 0 heterocycles. The normalized spacial score (nSPS) is 11.3. The molecule has 0 unspecified atom stereocenters. The Bertz CT molecular complexity index is 435. The van der Waals surface area contributed by atoms with E-state index >= 15 is 0 Å². The maximum atomic E-state index is 12.7. The highest BCUT2D eigenvalue weighted by molar-refractivity contribution is 7.71. The van der Waals surface area contributed by atoms with Crippen molar-refractivity contribution in [2.24, 2.45) is 0 Å². The first kappa shape index (κ1) is 14.8. The van der Waals surface area contributed by atoms with Gasteiger partial charge in [0.1, 0.15) is 11.6 Å². The number of carbonyl (C=O) groups is 1. The molecule has 0 aliphatic carbocycles. The largest absolute Gasteiger partial charge is 0.438 e. The minimum absolute atomic E-state index is 0.0514. The van der Waals surface area contributed by atoms with E-state index in [0.29, 0.717) is 0 Å². The summed E-state index contributed by atoms with van der Waals surface area (Å²) in [4.78, 5) is 11.7. The van der Waals surface area contributed by atoms with Crippen LogP contribution in [0.25, 0.3) is 0 Å². The molecule has 0 aliphatic heterocycles. The van der Waals surface area contributed by atoms with Crippen molar-refractivity contribution in [2.45, 2.75) is 13.8 Å². The maximum absolute atomic E-state index is 12.7. The predicted molar refractivity (Wildman–Crippen MR) is 63.3 cm³/mol. The Hall–Kier alpha value is -1.23. The molecule has 18 heavy (non-hydrogen) atoms. The second kappa shape index (κ2) is 6.64. The minimum atomic E-state index is -3.94. The molecular formula is C11H14FO5P. The molecule has 7 heteroatoms. The average molecular weight is 276 g/mol. The van der Waals surface area contributed by atoms with Crippen LogP contribution in [0, 0.1) is 5.82 Å². The highest BCUT2D eigenvalue weighted by Gasteiger charge is 2.36. The average Bonchev–Trinajstić information content (AvgIpc) is 2.32. The summed E-state index contributed by atoms with van der Waals surface area (Å²) in [5, 5.41) is 0. The second-order valence-electron chi connectivity index (χ2n) is 3.15. The molecule has 1 aromatic carbocycles. The monoisotopic (exact) mass is 276 g/mol. The molecule has 5 nitrogen and oxygen atoms in total. The third kappa shape index (κ3) is 3.91. The zero-order chi connectivity index (χ0) is 13.6. The highest BCUT2D eigenvalue weighted by Crippen LogP contribution is 2.49. The Kier molecular flexibility index (Phi) is 5.47. The Morgan fingerprint density at radius 1 is 1.17 bits per heavy atom. The number of carbonyl (C=O) groups excluding carboxylic acids is 1. The standard InChI is InChI=1S/C11H14FO5P/c1-3-15-18(14,16-4-2)11(13)17-10-7-5-9(12)6-8-10/h5-8H,3-4H2,1-2H3. The summed E-state index contributed by atoms with van der Waals surface area (Å²) in [6, 6.07) is 4.73. The number of hydrogen-bond donors (Lipinski definition) is 0. The first-order chi connectivity index (χ1) is 8.51. The number of ether oxygens (including phenoxy) is 1. The van der Waals surface area contributed by atoms with Crippen LogP contribution < -0.4 is 4.74 Å². The maximum Gasteiger partial charge on any atom is 0.438 e. The molecular weight excluding hydrogens is 262 g/mol. The van der Waals surface area contributed by atoms with Gasteiger partial charge in [-0.2, -0.15) is 0 Å². The Morgan fingerprint density at radius 3 is 2.11 bits per heavy atom. The highest BCUT2D eigenvalue weighted by atomic mass is 31.2. The number of rotatable bonds is 6. The zero-order valence-electron chi connectivity index (χ0n) is 10.1.